The number of alkyl halides is 2. The maximum atomic E-state index is 12.0. The highest BCUT2D eigenvalue weighted by Gasteiger charge is 2.13. The molecule has 1 N–H and O–H groups in total. The van der Waals surface area contributed by atoms with Crippen molar-refractivity contribution in [1.82, 2.24) is 10.3 Å². The smallest absolute Gasteiger partial charge is 0.261 e. The van der Waals surface area contributed by atoms with Gasteiger partial charge in [0.05, 0.1) is 5.52 Å². The maximum Gasteiger partial charge on any atom is 0.261 e. The third kappa shape index (κ3) is 3.71. The Morgan fingerprint density at radius 1 is 1.25 bits per heavy atom. The molecule has 0 aliphatic rings. The molecule has 0 saturated heterocycles. The van der Waals surface area contributed by atoms with Crippen LogP contribution in [0.2, 0.25) is 0 Å². The molecule has 108 valence electrons. The van der Waals surface area contributed by atoms with E-state index in [9.17, 15) is 8.78 Å². The van der Waals surface area contributed by atoms with Crippen molar-refractivity contribution in [3.8, 4) is 0 Å². The van der Waals surface area contributed by atoms with Gasteiger partial charge in [-0.3, -0.25) is 4.98 Å². The molecular formula is C15H18F2N2O. The molecule has 0 bridgehead atoms. The lowest BCUT2D eigenvalue weighted by atomic mass is 10.0. The van der Waals surface area contributed by atoms with Gasteiger partial charge in [-0.25, -0.2) is 8.78 Å². The summed E-state index contributed by atoms with van der Waals surface area (Å²) in [5, 5.41) is 4.26. The second-order valence-electron chi connectivity index (χ2n) is 4.52. The summed E-state index contributed by atoms with van der Waals surface area (Å²) in [4.78, 5) is 4.41. The molecule has 0 aliphatic heterocycles. The van der Waals surface area contributed by atoms with E-state index in [0.29, 0.717) is 13.0 Å². The Hall–Kier alpha value is -1.59. The van der Waals surface area contributed by atoms with E-state index in [2.05, 4.69) is 10.3 Å². The van der Waals surface area contributed by atoms with Crippen LogP contribution in [0.25, 0.3) is 10.9 Å². The first-order valence-corrected chi connectivity index (χ1v) is 6.59. The number of pyridine rings is 1. The van der Waals surface area contributed by atoms with Crippen LogP contribution < -0.4 is 5.32 Å². The SMILES string of the molecule is CNC(CCOCC(F)F)c1cccc2cccnc12. The zero-order valence-corrected chi connectivity index (χ0v) is 11.4. The Labute approximate surface area is 117 Å². The third-order valence-electron chi connectivity index (χ3n) is 3.18. The zero-order valence-electron chi connectivity index (χ0n) is 11.4. The molecule has 20 heavy (non-hydrogen) atoms. The van der Waals surface area contributed by atoms with Gasteiger partial charge in [-0.05, 0) is 25.1 Å². The van der Waals surface area contributed by atoms with Gasteiger partial charge in [0.25, 0.3) is 6.43 Å². The van der Waals surface area contributed by atoms with E-state index < -0.39 is 13.0 Å². The number of para-hydroxylation sites is 1. The summed E-state index contributed by atoms with van der Waals surface area (Å²) in [6, 6.07) is 9.92. The normalized spacial score (nSPS) is 13.0. The third-order valence-corrected chi connectivity index (χ3v) is 3.18. The number of nitrogens with zero attached hydrogens (tertiary/aromatic N) is 1. The molecule has 1 atom stereocenters. The highest BCUT2D eigenvalue weighted by molar-refractivity contribution is 5.81. The van der Waals surface area contributed by atoms with Crippen LogP contribution in [0, 0.1) is 0 Å². The number of fused-ring (bicyclic) bond motifs is 1. The van der Waals surface area contributed by atoms with Crippen molar-refractivity contribution in [1.29, 1.82) is 0 Å². The molecule has 3 nitrogen and oxygen atoms in total. The highest BCUT2D eigenvalue weighted by atomic mass is 19.3. The van der Waals surface area contributed by atoms with Gasteiger partial charge >= 0.3 is 0 Å². The molecule has 1 aromatic heterocycles. The average Bonchev–Trinajstić information content (AvgIpc) is 2.47. The highest BCUT2D eigenvalue weighted by Crippen LogP contribution is 2.24. The summed E-state index contributed by atoms with van der Waals surface area (Å²) in [5.74, 6) is 0. The lowest BCUT2D eigenvalue weighted by Crippen LogP contribution is -2.19. The second kappa shape index (κ2) is 7.26. The van der Waals surface area contributed by atoms with Gasteiger partial charge in [0.15, 0.2) is 0 Å². The van der Waals surface area contributed by atoms with E-state index in [1.807, 2.05) is 37.4 Å². The van der Waals surface area contributed by atoms with E-state index in [-0.39, 0.29) is 6.04 Å². The first-order chi connectivity index (χ1) is 9.72. The van der Waals surface area contributed by atoms with E-state index in [1.165, 1.54) is 0 Å². The first-order valence-electron chi connectivity index (χ1n) is 6.59. The standard InChI is InChI=1S/C15H18F2N2O/c1-18-13(7-9-20-10-14(16)17)12-6-2-4-11-5-3-8-19-15(11)12/h2-6,8,13-14,18H,7,9-10H2,1H3. The summed E-state index contributed by atoms with van der Waals surface area (Å²) in [6.45, 7) is -0.219. The van der Waals surface area contributed by atoms with Crippen LogP contribution in [-0.4, -0.2) is 31.7 Å². The molecule has 0 radical (unpaired) electrons. The van der Waals surface area contributed by atoms with Crippen LogP contribution in [-0.2, 0) is 4.74 Å². The topological polar surface area (TPSA) is 34.1 Å². The van der Waals surface area contributed by atoms with Crippen LogP contribution in [0.1, 0.15) is 18.0 Å². The predicted octanol–water partition coefficient (Wildman–Crippen LogP) is 3.17. The van der Waals surface area contributed by atoms with Crippen molar-refractivity contribution >= 4 is 10.9 Å². The number of rotatable bonds is 7. The van der Waals surface area contributed by atoms with Gasteiger partial charge in [0.1, 0.15) is 6.61 Å². The van der Waals surface area contributed by atoms with Gasteiger partial charge in [-0.15, -0.1) is 0 Å². The van der Waals surface area contributed by atoms with Crippen molar-refractivity contribution in [3.63, 3.8) is 0 Å². The van der Waals surface area contributed by atoms with Crippen LogP contribution in [0.3, 0.4) is 0 Å². The van der Waals surface area contributed by atoms with Gasteiger partial charge in [0.2, 0.25) is 0 Å². The quantitative estimate of drug-likeness (QED) is 0.791. The molecule has 0 aliphatic carbocycles. The van der Waals surface area contributed by atoms with Gasteiger partial charge in [-0.1, -0.05) is 24.3 Å². The monoisotopic (exact) mass is 280 g/mol. The van der Waals surface area contributed by atoms with Crippen LogP contribution in [0.15, 0.2) is 36.5 Å². The number of nitrogens with one attached hydrogen (secondary N) is 1. The molecule has 2 rings (SSSR count). The van der Waals surface area contributed by atoms with Crippen LogP contribution in [0.4, 0.5) is 8.78 Å². The Morgan fingerprint density at radius 2 is 2.05 bits per heavy atom. The average molecular weight is 280 g/mol. The predicted molar refractivity (Wildman–Crippen MR) is 75.0 cm³/mol. The lowest BCUT2D eigenvalue weighted by Gasteiger charge is -2.18. The van der Waals surface area contributed by atoms with E-state index in [4.69, 9.17) is 4.74 Å². The molecule has 0 saturated carbocycles. The molecule has 5 heteroatoms. The van der Waals surface area contributed by atoms with E-state index in [0.717, 1.165) is 16.5 Å². The number of aromatic nitrogens is 1. The van der Waals surface area contributed by atoms with Crippen molar-refractivity contribution in [2.45, 2.75) is 18.9 Å². The number of ether oxygens (including phenoxy) is 1. The fourth-order valence-corrected chi connectivity index (χ4v) is 2.24. The van der Waals surface area contributed by atoms with Crippen LogP contribution >= 0.6 is 0 Å². The van der Waals surface area contributed by atoms with Crippen molar-refractivity contribution in [3.05, 3.63) is 42.1 Å². The lowest BCUT2D eigenvalue weighted by molar-refractivity contribution is 0.0145. The van der Waals surface area contributed by atoms with Gasteiger partial charge < -0.3 is 10.1 Å². The fourth-order valence-electron chi connectivity index (χ4n) is 2.24. The first kappa shape index (κ1) is 14.8. The molecule has 0 spiro atoms. The molecule has 0 fully saturated rings. The van der Waals surface area contributed by atoms with Crippen molar-refractivity contribution < 1.29 is 13.5 Å². The van der Waals surface area contributed by atoms with Crippen molar-refractivity contribution in [2.24, 2.45) is 0 Å². The Kier molecular flexibility index (Phi) is 5.38. The molecule has 2 aromatic rings. The van der Waals surface area contributed by atoms with Crippen molar-refractivity contribution in [2.75, 3.05) is 20.3 Å². The Morgan fingerprint density at radius 3 is 2.80 bits per heavy atom. The van der Waals surface area contributed by atoms with E-state index in [1.54, 1.807) is 6.20 Å². The molecule has 0 amide bonds. The summed E-state index contributed by atoms with van der Waals surface area (Å²) < 4.78 is 29.0. The summed E-state index contributed by atoms with van der Waals surface area (Å²) in [6.07, 6.45) is -0.0349. The zero-order chi connectivity index (χ0) is 14.4. The van der Waals surface area contributed by atoms with Gasteiger partial charge in [-0.2, -0.15) is 0 Å². The summed E-state index contributed by atoms with van der Waals surface area (Å²) >= 11 is 0. The minimum absolute atomic E-state index is 0.0336. The number of halogens is 2. The minimum atomic E-state index is -2.41. The summed E-state index contributed by atoms with van der Waals surface area (Å²) in [5.41, 5.74) is 1.99. The Balaban J connectivity index is 2.09. The molecule has 1 aromatic carbocycles. The fraction of sp³-hybridized carbons (Fsp3) is 0.400. The number of hydrogen-bond donors (Lipinski definition) is 1. The largest absolute Gasteiger partial charge is 0.375 e. The summed E-state index contributed by atoms with van der Waals surface area (Å²) in [7, 11) is 1.85. The van der Waals surface area contributed by atoms with E-state index >= 15 is 0 Å². The van der Waals surface area contributed by atoms with Gasteiger partial charge in [0, 0.05) is 24.2 Å². The molecule has 1 heterocycles. The Bertz CT molecular complexity index is 543. The molecule has 1 unspecified atom stereocenters. The minimum Gasteiger partial charge on any atom is -0.375 e. The number of hydrogen-bond acceptors (Lipinski definition) is 3. The van der Waals surface area contributed by atoms with Crippen LogP contribution in [0.5, 0.6) is 0 Å². The second-order valence-corrected chi connectivity index (χ2v) is 4.52. The number of benzene rings is 1. The molecular weight excluding hydrogens is 262 g/mol. The maximum absolute atomic E-state index is 12.0.